The van der Waals surface area contributed by atoms with Crippen LogP contribution >= 0.6 is 11.6 Å². The molecule has 0 spiro atoms. The summed E-state index contributed by atoms with van der Waals surface area (Å²) in [5, 5.41) is 1.76. The van der Waals surface area contributed by atoms with Crippen LogP contribution in [0.3, 0.4) is 0 Å². The van der Waals surface area contributed by atoms with Crippen molar-refractivity contribution in [1.82, 2.24) is 4.57 Å². The number of fused-ring (bicyclic) bond motifs is 1. The highest BCUT2D eigenvalue weighted by molar-refractivity contribution is 6.37. The van der Waals surface area contributed by atoms with Crippen molar-refractivity contribution in [3.63, 3.8) is 0 Å². The predicted octanol–water partition coefficient (Wildman–Crippen LogP) is 3.54. The van der Waals surface area contributed by atoms with Crippen molar-refractivity contribution in [1.29, 1.82) is 0 Å². The first-order chi connectivity index (χ1) is 7.15. The summed E-state index contributed by atoms with van der Waals surface area (Å²) >= 11 is 6.27. The van der Waals surface area contributed by atoms with Crippen LogP contribution in [-0.4, -0.2) is 11.2 Å². The van der Waals surface area contributed by atoms with E-state index in [0.29, 0.717) is 11.6 Å². The third-order valence-electron chi connectivity index (χ3n) is 2.66. The lowest BCUT2D eigenvalue weighted by molar-refractivity contribution is 0.341. The maximum atomic E-state index is 6.27. The van der Waals surface area contributed by atoms with Gasteiger partial charge >= 0.3 is 0 Å². The summed E-state index contributed by atoms with van der Waals surface area (Å²) in [6.07, 6.45) is 0. The molecule has 0 bridgehead atoms. The highest BCUT2D eigenvalue weighted by Gasteiger charge is 2.10. The van der Waals surface area contributed by atoms with E-state index in [1.807, 2.05) is 26.1 Å². The van der Waals surface area contributed by atoms with E-state index < -0.39 is 0 Å². The quantitative estimate of drug-likeness (QED) is 0.760. The summed E-state index contributed by atoms with van der Waals surface area (Å²) in [4.78, 5) is 0. The van der Waals surface area contributed by atoms with Gasteiger partial charge in [0.25, 0.3) is 0 Å². The van der Waals surface area contributed by atoms with Crippen molar-refractivity contribution in [3.8, 4) is 5.75 Å². The molecule has 0 amide bonds. The summed E-state index contributed by atoms with van der Waals surface area (Å²) in [6, 6.07) is 6.05. The van der Waals surface area contributed by atoms with E-state index in [1.165, 1.54) is 5.69 Å². The Morgan fingerprint density at radius 2 is 2.13 bits per heavy atom. The number of rotatable bonds is 2. The number of nitrogens with zero attached hydrogens (tertiary/aromatic N) is 1. The van der Waals surface area contributed by atoms with Gasteiger partial charge in [0.15, 0.2) is 0 Å². The van der Waals surface area contributed by atoms with Crippen molar-refractivity contribution in [2.75, 3.05) is 6.61 Å². The van der Waals surface area contributed by atoms with E-state index in [2.05, 4.69) is 17.6 Å². The van der Waals surface area contributed by atoms with E-state index in [-0.39, 0.29) is 0 Å². The van der Waals surface area contributed by atoms with Gasteiger partial charge in [0, 0.05) is 23.6 Å². The Morgan fingerprint density at radius 1 is 1.40 bits per heavy atom. The molecule has 0 fully saturated rings. The van der Waals surface area contributed by atoms with Crippen LogP contribution in [0.15, 0.2) is 18.2 Å². The van der Waals surface area contributed by atoms with E-state index in [1.54, 1.807) is 0 Å². The molecule has 3 heteroatoms. The fourth-order valence-electron chi connectivity index (χ4n) is 1.76. The lowest BCUT2D eigenvalue weighted by Gasteiger charge is -2.06. The zero-order valence-electron chi connectivity index (χ0n) is 9.17. The zero-order valence-corrected chi connectivity index (χ0v) is 9.93. The molecule has 0 radical (unpaired) electrons. The number of hydrogen-bond donors (Lipinski definition) is 0. The molecule has 1 aromatic carbocycles. The van der Waals surface area contributed by atoms with Crippen molar-refractivity contribution in [2.45, 2.75) is 13.8 Å². The lowest BCUT2D eigenvalue weighted by atomic mass is 10.2. The van der Waals surface area contributed by atoms with Gasteiger partial charge in [-0.1, -0.05) is 11.6 Å². The van der Waals surface area contributed by atoms with Crippen LogP contribution in [0.5, 0.6) is 5.75 Å². The maximum absolute atomic E-state index is 6.27. The molecular weight excluding hydrogens is 210 g/mol. The van der Waals surface area contributed by atoms with Gasteiger partial charge in [-0.15, -0.1) is 0 Å². The largest absolute Gasteiger partial charge is 0.492 e. The van der Waals surface area contributed by atoms with Gasteiger partial charge in [-0.25, -0.2) is 0 Å². The molecule has 0 aliphatic carbocycles. The minimum atomic E-state index is 0.636. The molecule has 0 unspecified atom stereocenters. The van der Waals surface area contributed by atoms with Gasteiger partial charge in [0.2, 0.25) is 0 Å². The van der Waals surface area contributed by atoms with E-state index in [4.69, 9.17) is 16.3 Å². The third-order valence-corrected chi connectivity index (χ3v) is 3.05. The highest BCUT2D eigenvalue weighted by atomic mass is 35.5. The van der Waals surface area contributed by atoms with Gasteiger partial charge in [-0.3, -0.25) is 0 Å². The first kappa shape index (κ1) is 10.4. The SMILES string of the molecule is CCOc1ccc2c(cc(C)n2C)c1Cl. The summed E-state index contributed by atoms with van der Waals surface area (Å²) in [6.45, 7) is 4.66. The number of aromatic nitrogens is 1. The van der Waals surface area contributed by atoms with Gasteiger partial charge < -0.3 is 9.30 Å². The van der Waals surface area contributed by atoms with Crippen LogP contribution < -0.4 is 4.74 Å². The molecule has 0 aliphatic rings. The summed E-state index contributed by atoms with van der Waals surface area (Å²) in [7, 11) is 2.04. The van der Waals surface area contributed by atoms with E-state index in [9.17, 15) is 0 Å². The molecule has 2 nitrogen and oxygen atoms in total. The molecule has 0 atom stereocenters. The number of halogens is 1. The normalized spacial score (nSPS) is 10.9. The second-order valence-corrected chi connectivity index (χ2v) is 3.97. The summed E-state index contributed by atoms with van der Waals surface area (Å²) < 4.78 is 7.57. The van der Waals surface area contributed by atoms with Crippen LogP contribution in [0.1, 0.15) is 12.6 Å². The van der Waals surface area contributed by atoms with Crippen LogP contribution in [0.25, 0.3) is 10.9 Å². The average molecular weight is 224 g/mol. The average Bonchev–Trinajstić information content (AvgIpc) is 2.50. The third kappa shape index (κ3) is 1.59. The van der Waals surface area contributed by atoms with E-state index >= 15 is 0 Å². The molecule has 15 heavy (non-hydrogen) atoms. The minimum absolute atomic E-state index is 0.636. The molecule has 0 N–H and O–H groups in total. The predicted molar refractivity (Wildman–Crippen MR) is 63.8 cm³/mol. The van der Waals surface area contributed by atoms with E-state index in [0.717, 1.165) is 16.7 Å². The maximum Gasteiger partial charge on any atom is 0.138 e. The molecule has 1 heterocycles. The lowest BCUT2D eigenvalue weighted by Crippen LogP contribution is -1.93. The highest BCUT2D eigenvalue weighted by Crippen LogP contribution is 2.34. The van der Waals surface area contributed by atoms with Crippen molar-refractivity contribution in [2.24, 2.45) is 7.05 Å². The Labute approximate surface area is 94.4 Å². The second-order valence-electron chi connectivity index (χ2n) is 3.59. The Bertz CT molecular complexity index is 502. The van der Waals surface area contributed by atoms with Crippen LogP contribution in [0.2, 0.25) is 5.02 Å². The molecule has 1 aromatic heterocycles. The molecule has 80 valence electrons. The topological polar surface area (TPSA) is 14.2 Å². The number of benzene rings is 1. The Morgan fingerprint density at radius 3 is 2.80 bits per heavy atom. The summed E-state index contributed by atoms with van der Waals surface area (Å²) in [5.41, 5.74) is 2.33. The number of aryl methyl sites for hydroxylation is 2. The van der Waals surface area contributed by atoms with Gasteiger partial charge in [0.1, 0.15) is 5.75 Å². The van der Waals surface area contributed by atoms with Gasteiger partial charge in [-0.05, 0) is 32.0 Å². The minimum Gasteiger partial charge on any atom is -0.492 e. The molecule has 0 aliphatic heterocycles. The molecule has 2 rings (SSSR count). The molecule has 0 saturated heterocycles. The van der Waals surface area contributed by atoms with Crippen molar-refractivity contribution >= 4 is 22.5 Å². The first-order valence-corrected chi connectivity index (χ1v) is 5.40. The van der Waals surface area contributed by atoms with Gasteiger partial charge in [-0.2, -0.15) is 0 Å². The van der Waals surface area contributed by atoms with Crippen molar-refractivity contribution in [3.05, 3.63) is 28.9 Å². The summed E-state index contributed by atoms with van der Waals surface area (Å²) in [5.74, 6) is 0.761. The number of hydrogen-bond acceptors (Lipinski definition) is 1. The standard InChI is InChI=1S/C12H14ClNO/c1-4-15-11-6-5-10-9(12(11)13)7-8(2)14(10)3/h5-7H,4H2,1-3H3. The monoisotopic (exact) mass is 223 g/mol. The Kier molecular flexibility index (Phi) is 2.61. The molecule has 2 aromatic rings. The van der Waals surface area contributed by atoms with Gasteiger partial charge in [0.05, 0.1) is 11.6 Å². The van der Waals surface area contributed by atoms with Crippen molar-refractivity contribution < 1.29 is 4.74 Å². The zero-order chi connectivity index (χ0) is 11.0. The number of ether oxygens (including phenoxy) is 1. The van der Waals surface area contributed by atoms with Crippen LogP contribution in [0.4, 0.5) is 0 Å². The first-order valence-electron chi connectivity index (χ1n) is 5.02. The smallest absolute Gasteiger partial charge is 0.138 e. The Hall–Kier alpha value is -1.15. The molecular formula is C12H14ClNO. The Balaban J connectivity index is 2.68. The molecule has 0 saturated carbocycles. The van der Waals surface area contributed by atoms with Crippen LogP contribution in [0, 0.1) is 6.92 Å². The second kappa shape index (κ2) is 3.78. The van der Waals surface area contributed by atoms with Crippen LogP contribution in [-0.2, 0) is 7.05 Å². The fraction of sp³-hybridized carbons (Fsp3) is 0.333. The fourth-order valence-corrected chi connectivity index (χ4v) is 2.02.